The van der Waals surface area contributed by atoms with Crippen molar-refractivity contribution in [2.75, 3.05) is 26.2 Å². The average Bonchev–Trinajstić information content (AvgIpc) is 3.12. The first-order valence-electron chi connectivity index (χ1n) is 9.33. The molecule has 1 aliphatic heterocycles. The molecule has 3 rings (SSSR count). The van der Waals surface area contributed by atoms with Gasteiger partial charge in [0.2, 0.25) is 5.91 Å². The van der Waals surface area contributed by atoms with Gasteiger partial charge in [-0.1, -0.05) is 0 Å². The number of nitrogens with zero attached hydrogens (tertiary/aromatic N) is 3. The van der Waals surface area contributed by atoms with Crippen LogP contribution < -0.4 is 10.1 Å². The zero-order valence-corrected chi connectivity index (χ0v) is 17.1. The summed E-state index contributed by atoms with van der Waals surface area (Å²) in [5, 5.41) is 3.32. The van der Waals surface area contributed by atoms with Crippen molar-refractivity contribution in [1.82, 2.24) is 19.8 Å². The highest BCUT2D eigenvalue weighted by atomic mass is 35.5. The van der Waals surface area contributed by atoms with E-state index in [1.807, 2.05) is 29.6 Å². The van der Waals surface area contributed by atoms with E-state index in [2.05, 4.69) is 10.3 Å². The van der Waals surface area contributed by atoms with Crippen LogP contribution in [0.1, 0.15) is 42.0 Å². The van der Waals surface area contributed by atoms with Gasteiger partial charge in [0, 0.05) is 57.5 Å². The second-order valence-electron chi connectivity index (χ2n) is 6.58. The minimum Gasteiger partial charge on any atom is -0.494 e. The highest BCUT2D eigenvalue weighted by molar-refractivity contribution is 5.98. The molecule has 1 unspecified atom stereocenters. The largest absolute Gasteiger partial charge is 0.494 e. The standard InChI is InChI=1S/C20H26N4O3.ClH/c1-3-27-16-6-4-15(5-7-16)18(25)8-9-19(26)24-13-10-21-14-17(24)20-22-11-12-23(20)2;/h4-7,11-12,17,21H,3,8-10,13-14H2,1-2H3;1H. The number of ketones is 1. The maximum absolute atomic E-state index is 12.8. The number of imidazole rings is 1. The van der Waals surface area contributed by atoms with Gasteiger partial charge in [-0.2, -0.15) is 0 Å². The van der Waals surface area contributed by atoms with Crippen molar-refractivity contribution in [2.45, 2.75) is 25.8 Å². The van der Waals surface area contributed by atoms with Gasteiger partial charge >= 0.3 is 0 Å². The van der Waals surface area contributed by atoms with E-state index in [1.54, 1.807) is 30.5 Å². The summed E-state index contributed by atoms with van der Waals surface area (Å²) in [6.45, 7) is 4.54. The van der Waals surface area contributed by atoms with Crippen molar-refractivity contribution in [3.63, 3.8) is 0 Å². The van der Waals surface area contributed by atoms with E-state index < -0.39 is 0 Å². The van der Waals surface area contributed by atoms with Gasteiger partial charge in [-0.15, -0.1) is 12.4 Å². The number of nitrogens with one attached hydrogen (secondary N) is 1. The van der Waals surface area contributed by atoms with Crippen LogP contribution in [-0.4, -0.2) is 52.4 Å². The molecular formula is C20H27ClN4O3. The fourth-order valence-corrected chi connectivity index (χ4v) is 3.34. The summed E-state index contributed by atoms with van der Waals surface area (Å²) in [6, 6.07) is 6.96. The van der Waals surface area contributed by atoms with Crippen LogP contribution in [-0.2, 0) is 11.8 Å². The number of halogens is 1. The molecular weight excluding hydrogens is 380 g/mol. The number of hydrogen-bond donors (Lipinski definition) is 1. The summed E-state index contributed by atoms with van der Waals surface area (Å²) in [5.41, 5.74) is 0.604. The molecule has 28 heavy (non-hydrogen) atoms. The van der Waals surface area contributed by atoms with Crippen LogP contribution in [0.4, 0.5) is 0 Å². The van der Waals surface area contributed by atoms with E-state index in [9.17, 15) is 9.59 Å². The van der Waals surface area contributed by atoms with E-state index in [0.717, 1.165) is 18.1 Å². The molecule has 1 atom stereocenters. The number of rotatable bonds is 7. The first-order valence-corrected chi connectivity index (χ1v) is 9.33. The molecule has 1 aromatic heterocycles. The van der Waals surface area contributed by atoms with Gasteiger partial charge in [-0.3, -0.25) is 9.59 Å². The maximum Gasteiger partial charge on any atom is 0.223 e. The summed E-state index contributed by atoms with van der Waals surface area (Å²) in [5.74, 6) is 1.55. The Bertz CT molecular complexity index is 791. The normalized spacial score (nSPS) is 16.4. The monoisotopic (exact) mass is 406 g/mol. The van der Waals surface area contributed by atoms with Crippen LogP contribution >= 0.6 is 12.4 Å². The minimum atomic E-state index is -0.105. The van der Waals surface area contributed by atoms with Gasteiger partial charge in [0.05, 0.1) is 6.61 Å². The molecule has 1 fully saturated rings. The number of aryl methyl sites for hydroxylation is 1. The summed E-state index contributed by atoms with van der Waals surface area (Å²) in [6.07, 6.45) is 4.01. The lowest BCUT2D eigenvalue weighted by molar-refractivity contribution is -0.134. The highest BCUT2D eigenvalue weighted by Gasteiger charge is 2.30. The average molecular weight is 407 g/mol. The molecule has 7 nitrogen and oxygen atoms in total. The molecule has 0 bridgehead atoms. The molecule has 1 aromatic carbocycles. The lowest BCUT2D eigenvalue weighted by Crippen LogP contribution is -2.49. The Labute approximate surface area is 171 Å². The van der Waals surface area contributed by atoms with E-state index in [0.29, 0.717) is 25.3 Å². The number of ether oxygens (including phenoxy) is 1. The van der Waals surface area contributed by atoms with Crippen LogP contribution in [0.25, 0.3) is 0 Å². The second kappa shape index (κ2) is 10.2. The van der Waals surface area contributed by atoms with Crippen LogP contribution in [0.2, 0.25) is 0 Å². The topological polar surface area (TPSA) is 76.5 Å². The van der Waals surface area contributed by atoms with Gasteiger partial charge < -0.3 is 19.5 Å². The number of piperazine rings is 1. The number of aromatic nitrogens is 2. The van der Waals surface area contributed by atoms with Crippen LogP contribution in [0, 0.1) is 0 Å². The third-order valence-corrected chi connectivity index (χ3v) is 4.77. The van der Waals surface area contributed by atoms with E-state index in [1.165, 1.54) is 0 Å². The van der Waals surface area contributed by atoms with E-state index in [-0.39, 0.29) is 43.0 Å². The number of Topliss-reactive ketones (excluding diaryl/α,β-unsaturated/α-hetero) is 1. The highest BCUT2D eigenvalue weighted by Crippen LogP contribution is 2.22. The Kier molecular flexibility index (Phi) is 8.02. The van der Waals surface area contributed by atoms with Crippen molar-refractivity contribution in [1.29, 1.82) is 0 Å². The number of carbonyl (C=O) groups is 2. The second-order valence-corrected chi connectivity index (χ2v) is 6.58. The third-order valence-electron chi connectivity index (χ3n) is 4.77. The van der Waals surface area contributed by atoms with Crippen molar-refractivity contribution >= 4 is 24.1 Å². The number of amides is 1. The summed E-state index contributed by atoms with van der Waals surface area (Å²) >= 11 is 0. The molecule has 1 saturated heterocycles. The van der Waals surface area contributed by atoms with Crippen LogP contribution in [0.3, 0.4) is 0 Å². The minimum absolute atomic E-state index is 0. The van der Waals surface area contributed by atoms with E-state index >= 15 is 0 Å². The van der Waals surface area contributed by atoms with Crippen LogP contribution in [0.15, 0.2) is 36.7 Å². The molecule has 0 aliphatic carbocycles. The Morgan fingerprint density at radius 1 is 1.25 bits per heavy atom. The summed E-state index contributed by atoms with van der Waals surface area (Å²) in [7, 11) is 1.93. The predicted octanol–water partition coefficient (Wildman–Crippen LogP) is 2.38. The summed E-state index contributed by atoms with van der Waals surface area (Å²) < 4.78 is 7.32. The fraction of sp³-hybridized carbons (Fsp3) is 0.450. The van der Waals surface area contributed by atoms with Gasteiger partial charge in [0.25, 0.3) is 0 Å². The Hall–Kier alpha value is -2.38. The van der Waals surface area contributed by atoms with Gasteiger partial charge in [0.1, 0.15) is 17.6 Å². The predicted molar refractivity (Wildman–Crippen MR) is 109 cm³/mol. The first kappa shape index (κ1) is 21.9. The van der Waals surface area contributed by atoms with E-state index in [4.69, 9.17) is 4.74 Å². The van der Waals surface area contributed by atoms with Crippen LogP contribution in [0.5, 0.6) is 5.75 Å². The number of carbonyl (C=O) groups excluding carboxylic acids is 2. The maximum atomic E-state index is 12.8. The molecule has 1 N–H and O–H groups in total. The lowest BCUT2D eigenvalue weighted by Gasteiger charge is -2.35. The van der Waals surface area contributed by atoms with Crippen molar-refractivity contribution in [3.05, 3.63) is 48.0 Å². The lowest BCUT2D eigenvalue weighted by atomic mass is 10.0. The smallest absolute Gasteiger partial charge is 0.223 e. The molecule has 1 amide bonds. The fourth-order valence-electron chi connectivity index (χ4n) is 3.34. The first-order chi connectivity index (χ1) is 13.1. The van der Waals surface area contributed by atoms with Gasteiger partial charge in [-0.25, -0.2) is 4.98 Å². The molecule has 0 saturated carbocycles. The quantitative estimate of drug-likeness (QED) is 0.714. The molecule has 1 aliphatic rings. The molecule has 152 valence electrons. The molecule has 0 spiro atoms. The molecule has 2 aromatic rings. The van der Waals surface area contributed by atoms with Gasteiger partial charge in [-0.05, 0) is 31.2 Å². The number of benzene rings is 1. The third kappa shape index (κ3) is 5.11. The Morgan fingerprint density at radius 3 is 2.64 bits per heavy atom. The SMILES string of the molecule is CCOc1ccc(C(=O)CCC(=O)N2CCNCC2c2nccn2C)cc1.Cl. The number of hydrogen-bond acceptors (Lipinski definition) is 5. The zero-order valence-electron chi connectivity index (χ0n) is 16.3. The van der Waals surface area contributed by atoms with Gasteiger partial charge in [0.15, 0.2) is 5.78 Å². The molecule has 2 heterocycles. The van der Waals surface area contributed by atoms with Crippen molar-refractivity contribution in [2.24, 2.45) is 7.05 Å². The van der Waals surface area contributed by atoms with Crippen molar-refractivity contribution in [3.8, 4) is 5.75 Å². The molecule has 8 heteroatoms. The zero-order chi connectivity index (χ0) is 19.2. The summed E-state index contributed by atoms with van der Waals surface area (Å²) in [4.78, 5) is 31.4. The van der Waals surface area contributed by atoms with Crippen molar-refractivity contribution < 1.29 is 14.3 Å². The Morgan fingerprint density at radius 2 is 2.00 bits per heavy atom. The molecule has 0 radical (unpaired) electrons. The Balaban J connectivity index is 0.00000280.